The van der Waals surface area contributed by atoms with Gasteiger partial charge in [0.2, 0.25) is 0 Å². The molecule has 19 heavy (non-hydrogen) atoms. The van der Waals surface area contributed by atoms with Crippen LogP contribution in [-0.4, -0.2) is 11.1 Å². The molecule has 1 atom stereocenters. The average Bonchev–Trinajstić information content (AvgIpc) is 2.68. The van der Waals surface area contributed by atoms with E-state index < -0.39 is 12.0 Å². The monoisotopic (exact) mass is 339 g/mol. The molecule has 0 spiro atoms. The van der Waals surface area contributed by atoms with Crippen LogP contribution in [-0.2, 0) is 4.79 Å². The molecular weight excluding hydrogens is 326 g/mol. The summed E-state index contributed by atoms with van der Waals surface area (Å²) in [7, 11) is 0. The summed E-state index contributed by atoms with van der Waals surface area (Å²) in [5.41, 5.74) is 1.87. The zero-order valence-corrected chi connectivity index (χ0v) is 13.0. The predicted molar refractivity (Wildman–Crippen MR) is 81.9 cm³/mol. The molecule has 100 valence electrons. The molecule has 0 saturated heterocycles. The lowest BCUT2D eigenvalue weighted by Gasteiger charge is -2.16. The maximum atomic E-state index is 11.5. The summed E-state index contributed by atoms with van der Waals surface area (Å²) in [6.45, 7) is 3.92. The fourth-order valence-corrected chi connectivity index (χ4v) is 3.37. The second kappa shape index (κ2) is 5.75. The molecular formula is C14H14BrNO2S. The number of carboxylic acids is 1. The van der Waals surface area contributed by atoms with E-state index in [1.807, 2.05) is 44.2 Å². The van der Waals surface area contributed by atoms with Gasteiger partial charge in [0.05, 0.1) is 0 Å². The lowest BCUT2D eigenvalue weighted by molar-refractivity contribution is -0.138. The third kappa shape index (κ3) is 3.16. The first-order chi connectivity index (χ1) is 8.99. The van der Waals surface area contributed by atoms with Crippen LogP contribution in [0.15, 0.2) is 34.8 Å². The highest BCUT2D eigenvalue weighted by molar-refractivity contribution is 9.10. The maximum Gasteiger partial charge on any atom is 0.331 e. The summed E-state index contributed by atoms with van der Waals surface area (Å²) in [6.07, 6.45) is 0. The number of benzene rings is 1. The molecule has 0 fully saturated rings. The van der Waals surface area contributed by atoms with Crippen molar-refractivity contribution < 1.29 is 9.90 Å². The maximum absolute atomic E-state index is 11.5. The molecule has 0 amide bonds. The summed E-state index contributed by atoms with van der Waals surface area (Å²) in [5.74, 6) is -0.878. The minimum Gasteiger partial charge on any atom is -0.479 e. The number of aryl methyl sites for hydroxylation is 2. The SMILES string of the molecule is Cc1ccccc1NC(C(=O)O)c1cc(Br)c(C)s1. The van der Waals surface area contributed by atoms with Crippen LogP contribution in [0.2, 0.25) is 0 Å². The minimum atomic E-state index is -0.878. The molecule has 0 radical (unpaired) electrons. The number of halogens is 1. The smallest absolute Gasteiger partial charge is 0.331 e. The molecule has 1 aromatic carbocycles. The van der Waals surface area contributed by atoms with Crippen LogP contribution in [0.1, 0.15) is 21.4 Å². The molecule has 2 aromatic rings. The van der Waals surface area contributed by atoms with Crippen molar-refractivity contribution in [2.75, 3.05) is 5.32 Å². The van der Waals surface area contributed by atoms with Gasteiger partial charge in [-0.15, -0.1) is 11.3 Å². The number of carboxylic acid groups (broad SMARTS) is 1. The first-order valence-electron chi connectivity index (χ1n) is 5.80. The topological polar surface area (TPSA) is 49.3 Å². The summed E-state index contributed by atoms with van der Waals surface area (Å²) >= 11 is 4.91. The van der Waals surface area contributed by atoms with Crippen molar-refractivity contribution in [3.8, 4) is 0 Å². The Kier molecular flexibility index (Phi) is 4.27. The Hall–Kier alpha value is -1.33. The number of rotatable bonds is 4. The van der Waals surface area contributed by atoms with Gasteiger partial charge in [-0.3, -0.25) is 0 Å². The van der Waals surface area contributed by atoms with Crippen molar-refractivity contribution in [2.24, 2.45) is 0 Å². The number of para-hydroxylation sites is 1. The minimum absolute atomic E-state index is 0.726. The van der Waals surface area contributed by atoms with Crippen LogP contribution >= 0.6 is 27.3 Å². The Morgan fingerprint density at radius 2 is 2.05 bits per heavy atom. The van der Waals surface area contributed by atoms with Gasteiger partial charge in [0.25, 0.3) is 0 Å². The molecule has 5 heteroatoms. The molecule has 0 bridgehead atoms. The molecule has 0 saturated carbocycles. The molecule has 0 aliphatic carbocycles. The van der Waals surface area contributed by atoms with Crippen LogP contribution in [0.3, 0.4) is 0 Å². The van der Waals surface area contributed by atoms with Crippen LogP contribution in [0, 0.1) is 13.8 Å². The molecule has 1 unspecified atom stereocenters. The van der Waals surface area contributed by atoms with Crippen molar-refractivity contribution in [1.82, 2.24) is 0 Å². The number of thiophene rings is 1. The Morgan fingerprint density at radius 1 is 1.37 bits per heavy atom. The van der Waals surface area contributed by atoms with E-state index in [-0.39, 0.29) is 0 Å². The Balaban J connectivity index is 2.32. The lowest BCUT2D eigenvalue weighted by Crippen LogP contribution is -2.19. The number of hydrogen-bond donors (Lipinski definition) is 2. The van der Waals surface area contributed by atoms with Gasteiger partial charge in [0.1, 0.15) is 0 Å². The van der Waals surface area contributed by atoms with E-state index in [2.05, 4.69) is 21.2 Å². The van der Waals surface area contributed by atoms with E-state index in [1.54, 1.807) is 0 Å². The third-order valence-electron chi connectivity index (χ3n) is 2.85. The van der Waals surface area contributed by atoms with Gasteiger partial charge in [-0.1, -0.05) is 18.2 Å². The second-order valence-corrected chi connectivity index (χ2v) is 6.43. The number of aliphatic carboxylic acids is 1. The van der Waals surface area contributed by atoms with Crippen LogP contribution in [0.5, 0.6) is 0 Å². The average molecular weight is 340 g/mol. The molecule has 0 aliphatic rings. The summed E-state index contributed by atoms with van der Waals surface area (Å²) in [5, 5.41) is 12.5. The van der Waals surface area contributed by atoms with Gasteiger partial charge in [0, 0.05) is 19.9 Å². The second-order valence-electron chi connectivity index (χ2n) is 4.28. The standard InChI is InChI=1S/C14H14BrNO2S/c1-8-5-3-4-6-11(8)16-13(14(17)18)12-7-10(15)9(2)19-12/h3-7,13,16H,1-2H3,(H,17,18). The van der Waals surface area contributed by atoms with E-state index in [0.717, 1.165) is 25.5 Å². The predicted octanol–water partition coefficient (Wildman–Crippen LogP) is 4.37. The van der Waals surface area contributed by atoms with E-state index in [4.69, 9.17) is 0 Å². The molecule has 2 rings (SSSR count). The van der Waals surface area contributed by atoms with Crippen LogP contribution in [0.25, 0.3) is 0 Å². The Morgan fingerprint density at radius 3 is 2.58 bits per heavy atom. The zero-order chi connectivity index (χ0) is 14.0. The molecule has 1 aromatic heterocycles. The van der Waals surface area contributed by atoms with Crippen LogP contribution < -0.4 is 5.32 Å². The quantitative estimate of drug-likeness (QED) is 0.869. The summed E-state index contributed by atoms with van der Waals surface area (Å²) < 4.78 is 0.949. The van der Waals surface area contributed by atoms with Crippen molar-refractivity contribution in [2.45, 2.75) is 19.9 Å². The molecule has 2 N–H and O–H groups in total. The van der Waals surface area contributed by atoms with Crippen molar-refractivity contribution in [1.29, 1.82) is 0 Å². The highest BCUT2D eigenvalue weighted by atomic mass is 79.9. The Bertz CT molecular complexity index is 590. The number of carbonyl (C=O) groups is 1. The lowest BCUT2D eigenvalue weighted by atomic mass is 10.1. The third-order valence-corrected chi connectivity index (χ3v) is 5.05. The highest BCUT2D eigenvalue weighted by Gasteiger charge is 2.22. The molecule has 1 heterocycles. The highest BCUT2D eigenvalue weighted by Crippen LogP contribution is 2.33. The van der Waals surface area contributed by atoms with Crippen molar-refractivity contribution >= 4 is 38.9 Å². The number of hydrogen-bond acceptors (Lipinski definition) is 3. The van der Waals surface area contributed by atoms with Gasteiger partial charge in [0.15, 0.2) is 6.04 Å². The van der Waals surface area contributed by atoms with Gasteiger partial charge in [-0.2, -0.15) is 0 Å². The largest absolute Gasteiger partial charge is 0.479 e. The molecule has 0 aliphatic heterocycles. The van der Waals surface area contributed by atoms with E-state index in [0.29, 0.717) is 0 Å². The van der Waals surface area contributed by atoms with Gasteiger partial charge < -0.3 is 10.4 Å². The zero-order valence-electron chi connectivity index (χ0n) is 10.6. The normalized spacial score (nSPS) is 12.2. The van der Waals surface area contributed by atoms with Gasteiger partial charge >= 0.3 is 5.97 Å². The number of nitrogens with one attached hydrogen (secondary N) is 1. The first kappa shape index (κ1) is 14.1. The van der Waals surface area contributed by atoms with Crippen molar-refractivity contribution in [3.63, 3.8) is 0 Å². The summed E-state index contributed by atoms with van der Waals surface area (Å²) in [6, 6.07) is 8.81. The van der Waals surface area contributed by atoms with Crippen molar-refractivity contribution in [3.05, 3.63) is 50.1 Å². The number of anilines is 1. The van der Waals surface area contributed by atoms with E-state index in [1.165, 1.54) is 11.3 Å². The van der Waals surface area contributed by atoms with E-state index >= 15 is 0 Å². The van der Waals surface area contributed by atoms with E-state index in [9.17, 15) is 9.90 Å². The fraction of sp³-hybridized carbons (Fsp3) is 0.214. The van der Waals surface area contributed by atoms with Gasteiger partial charge in [-0.05, 0) is 47.5 Å². The molecule has 3 nitrogen and oxygen atoms in total. The summed E-state index contributed by atoms with van der Waals surface area (Å²) in [4.78, 5) is 13.3. The fourth-order valence-electron chi connectivity index (χ4n) is 1.77. The van der Waals surface area contributed by atoms with Gasteiger partial charge in [-0.25, -0.2) is 4.79 Å². The van der Waals surface area contributed by atoms with Crippen LogP contribution in [0.4, 0.5) is 5.69 Å². The first-order valence-corrected chi connectivity index (χ1v) is 7.41. The Labute approximate surface area is 124 Å².